The molecule has 11 heteroatoms. The third-order valence-corrected chi connectivity index (χ3v) is 9.56. The Labute approximate surface area is 189 Å². The maximum Gasteiger partial charge on any atom is 0.244 e. The van der Waals surface area contributed by atoms with E-state index < -0.39 is 20.0 Å². The van der Waals surface area contributed by atoms with E-state index >= 15 is 0 Å². The Kier molecular flexibility index (Phi) is 6.82. The van der Waals surface area contributed by atoms with Gasteiger partial charge in [0.05, 0.1) is 18.1 Å². The molecule has 0 N–H and O–H groups in total. The van der Waals surface area contributed by atoms with Crippen molar-refractivity contribution in [2.24, 2.45) is 0 Å². The van der Waals surface area contributed by atoms with Crippen LogP contribution in [0.5, 0.6) is 0 Å². The summed E-state index contributed by atoms with van der Waals surface area (Å²) in [4.78, 5) is 6.83. The zero-order valence-electron chi connectivity index (χ0n) is 18.1. The van der Waals surface area contributed by atoms with Crippen molar-refractivity contribution in [1.82, 2.24) is 13.6 Å². The summed E-state index contributed by atoms with van der Waals surface area (Å²) in [5.41, 5.74) is 1.01. The van der Waals surface area contributed by atoms with Crippen molar-refractivity contribution in [2.75, 3.05) is 57.4 Å². The van der Waals surface area contributed by atoms with Gasteiger partial charge in [0.2, 0.25) is 20.0 Å². The van der Waals surface area contributed by atoms with Crippen LogP contribution in [0, 0.1) is 6.92 Å². The molecule has 4 rings (SSSR count). The van der Waals surface area contributed by atoms with E-state index in [1.54, 1.807) is 36.4 Å². The number of hydrogen-bond acceptors (Lipinski definition) is 7. The van der Waals surface area contributed by atoms with E-state index in [-0.39, 0.29) is 4.90 Å². The van der Waals surface area contributed by atoms with Gasteiger partial charge in [0.1, 0.15) is 10.7 Å². The quantitative estimate of drug-likeness (QED) is 0.636. The van der Waals surface area contributed by atoms with Gasteiger partial charge < -0.3 is 9.64 Å². The van der Waals surface area contributed by atoms with Gasteiger partial charge in [-0.1, -0.05) is 17.7 Å². The molecule has 0 bridgehead atoms. The van der Waals surface area contributed by atoms with Crippen molar-refractivity contribution in [1.29, 1.82) is 0 Å². The highest BCUT2D eigenvalue weighted by Gasteiger charge is 2.29. The molecule has 2 aliphatic rings. The summed E-state index contributed by atoms with van der Waals surface area (Å²) >= 11 is 0. The highest BCUT2D eigenvalue weighted by Crippen LogP contribution is 2.22. The maximum atomic E-state index is 13.0. The topological polar surface area (TPSA) is 100 Å². The lowest BCUT2D eigenvalue weighted by molar-refractivity contribution is 0.0730. The van der Waals surface area contributed by atoms with Gasteiger partial charge in [-0.3, -0.25) is 0 Å². The van der Waals surface area contributed by atoms with E-state index in [9.17, 15) is 16.8 Å². The van der Waals surface area contributed by atoms with Crippen molar-refractivity contribution in [3.05, 3.63) is 48.2 Å². The Morgan fingerprint density at radius 3 is 2.03 bits per heavy atom. The molecule has 0 unspecified atom stereocenters. The fraction of sp³-hybridized carbons (Fsp3) is 0.476. The van der Waals surface area contributed by atoms with Crippen LogP contribution >= 0.6 is 0 Å². The molecule has 2 aliphatic heterocycles. The SMILES string of the molecule is Cc1ccc(S(=O)(=O)N2CCCN(c3ccc(S(=O)(=O)N4CCOCC4)cn3)CC2)cc1. The Balaban J connectivity index is 1.45. The van der Waals surface area contributed by atoms with Gasteiger partial charge in [-0.15, -0.1) is 0 Å². The minimum Gasteiger partial charge on any atom is -0.379 e. The van der Waals surface area contributed by atoms with Crippen LogP contribution < -0.4 is 4.90 Å². The van der Waals surface area contributed by atoms with Gasteiger partial charge in [0.15, 0.2) is 0 Å². The first-order valence-corrected chi connectivity index (χ1v) is 13.5. The largest absolute Gasteiger partial charge is 0.379 e. The van der Waals surface area contributed by atoms with E-state index in [0.29, 0.717) is 69.6 Å². The van der Waals surface area contributed by atoms with Gasteiger partial charge in [-0.25, -0.2) is 21.8 Å². The third kappa shape index (κ3) is 4.81. The molecule has 2 fully saturated rings. The third-order valence-electron chi connectivity index (χ3n) is 5.77. The lowest BCUT2D eigenvalue weighted by atomic mass is 10.2. The van der Waals surface area contributed by atoms with Crippen molar-refractivity contribution in [2.45, 2.75) is 23.1 Å². The molecule has 32 heavy (non-hydrogen) atoms. The number of nitrogens with zero attached hydrogens (tertiary/aromatic N) is 4. The standard InChI is InChI=1S/C21H28N4O5S2/c1-18-3-5-19(6-4-18)31(26,27)24-10-2-9-23(11-12-24)21-8-7-20(17-22-21)32(28,29)25-13-15-30-16-14-25/h3-8,17H,2,9-16H2,1H3. The Morgan fingerprint density at radius 2 is 1.38 bits per heavy atom. The summed E-state index contributed by atoms with van der Waals surface area (Å²) in [5, 5.41) is 0. The zero-order valence-corrected chi connectivity index (χ0v) is 19.7. The minimum atomic E-state index is -3.59. The molecule has 3 heterocycles. The molecular formula is C21H28N4O5S2. The van der Waals surface area contributed by atoms with Gasteiger partial charge in [0.25, 0.3) is 0 Å². The summed E-state index contributed by atoms with van der Waals surface area (Å²) < 4.78 is 59.7. The maximum absolute atomic E-state index is 13.0. The van der Waals surface area contributed by atoms with Crippen LogP contribution in [-0.4, -0.2) is 82.9 Å². The van der Waals surface area contributed by atoms with E-state index in [0.717, 1.165) is 5.56 Å². The second-order valence-corrected chi connectivity index (χ2v) is 11.8. The monoisotopic (exact) mass is 480 g/mol. The molecule has 0 saturated carbocycles. The Hall–Kier alpha value is -2.05. The minimum absolute atomic E-state index is 0.154. The molecule has 0 amide bonds. The highest BCUT2D eigenvalue weighted by atomic mass is 32.2. The predicted molar refractivity (Wildman–Crippen MR) is 121 cm³/mol. The molecule has 0 spiro atoms. The predicted octanol–water partition coefficient (Wildman–Crippen LogP) is 1.31. The first-order chi connectivity index (χ1) is 15.3. The fourth-order valence-corrected chi connectivity index (χ4v) is 6.69. The first-order valence-electron chi connectivity index (χ1n) is 10.6. The average molecular weight is 481 g/mol. The first kappa shape index (κ1) is 23.1. The second kappa shape index (κ2) is 9.44. The van der Waals surface area contributed by atoms with Crippen molar-refractivity contribution in [3.8, 4) is 0 Å². The molecule has 1 aromatic heterocycles. The van der Waals surface area contributed by atoms with Crippen LogP contribution in [0.2, 0.25) is 0 Å². The summed E-state index contributed by atoms with van der Waals surface area (Å²) in [5.74, 6) is 0.639. The number of aryl methyl sites for hydroxylation is 1. The molecule has 0 radical (unpaired) electrons. The number of hydrogen-bond donors (Lipinski definition) is 0. The summed E-state index contributed by atoms with van der Waals surface area (Å²) in [6.45, 7) is 5.26. The Bertz CT molecular complexity index is 1130. The fourth-order valence-electron chi connectivity index (χ4n) is 3.87. The van der Waals surface area contributed by atoms with Crippen LogP contribution in [0.15, 0.2) is 52.4 Å². The molecule has 0 aliphatic carbocycles. The molecule has 9 nitrogen and oxygen atoms in total. The van der Waals surface area contributed by atoms with Crippen LogP contribution in [0.4, 0.5) is 5.82 Å². The molecule has 174 valence electrons. The van der Waals surface area contributed by atoms with Gasteiger partial charge >= 0.3 is 0 Å². The van der Waals surface area contributed by atoms with Gasteiger partial charge in [-0.05, 0) is 37.6 Å². The van der Waals surface area contributed by atoms with Crippen LogP contribution in [0.1, 0.15) is 12.0 Å². The normalized spacial score (nSPS) is 19.6. The van der Waals surface area contributed by atoms with E-state index in [4.69, 9.17) is 4.74 Å². The number of sulfonamides is 2. The summed E-state index contributed by atoms with van der Waals surface area (Å²) in [6.07, 6.45) is 2.03. The van der Waals surface area contributed by atoms with E-state index in [1.165, 1.54) is 14.8 Å². The average Bonchev–Trinajstić information content (AvgIpc) is 3.07. The number of rotatable bonds is 5. The van der Waals surface area contributed by atoms with Crippen LogP contribution in [0.3, 0.4) is 0 Å². The van der Waals surface area contributed by atoms with Crippen molar-refractivity contribution in [3.63, 3.8) is 0 Å². The number of benzene rings is 1. The van der Waals surface area contributed by atoms with Crippen LogP contribution in [0.25, 0.3) is 0 Å². The number of morpholine rings is 1. The van der Waals surface area contributed by atoms with Gasteiger partial charge in [-0.2, -0.15) is 8.61 Å². The number of ether oxygens (including phenoxy) is 1. The smallest absolute Gasteiger partial charge is 0.244 e. The summed E-state index contributed by atoms with van der Waals surface area (Å²) in [7, 11) is -7.15. The summed E-state index contributed by atoms with van der Waals surface area (Å²) in [6, 6.07) is 10.1. The second-order valence-electron chi connectivity index (χ2n) is 7.93. The van der Waals surface area contributed by atoms with Crippen molar-refractivity contribution < 1.29 is 21.6 Å². The Morgan fingerprint density at radius 1 is 0.750 bits per heavy atom. The molecular weight excluding hydrogens is 452 g/mol. The van der Waals surface area contributed by atoms with E-state index in [2.05, 4.69) is 4.98 Å². The van der Waals surface area contributed by atoms with E-state index in [1.807, 2.05) is 11.8 Å². The molecule has 2 saturated heterocycles. The number of anilines is 1. The lowest BCUT2D eigenvalue weighted by Crippen LogP contribution is -2.40. The molecule has 1 aromatic carbocycles. The lowest BCUT2D eigenvalue weighted by Gasteiger charge is -2.26. The number of pyridine rings is 1. The highest BCUT2D eigenvalue weighted by molar-refractivity contribution is 7.89. The zero-order chi connectivity index (χ0) is 22.8. The van der Waals surface area contributed by atoms with Crippen LogP contribution in [-0.2, 0) is 24.8 Å². The van der Waals surface area contributed by atoms with Gasteiger partial charge in [0, 0.05) is 45.5 Å². The molecule has 0 atom stereocenters. The molecule has 2 aromatic rings. The van der Waals surface area contributed by atoms with Crippen molar-refractivity contribution >= 4 is 25.9 Å². The number of aromatic nitrogens is 1.